The lowest BCUT2D eigenvalue weighted by atomic mass is 10.0. The van der Waals surface area contributed by atoms with Crippen LogP contribution in [-0.4, -0.2) is 43.0 Å². The maximum Gasteiger partial charge on any atom is 0.312 e. The van der Waals surface area contributed by atoms with Crippen molar-refractivity contribution in [3.63, 3.8) is 0 Å². The molecule has 1 aliphatic heterocycles. The Morgan fingerprint density at radius 1 is 0.824 bits per heavy atom. The first-order chi connectivity index (χ1) is 16.6. The van der Waals surface area contributed by atoms with Crippen molar-refractivity contribution in [3.8, 4) is 0 Å². The summed E-state index contributed by atoms with van der Waals surface area (Å²) in [5, 5.41) is 5.57. The van der Waals surface area contributed by atoms with E-state index in [1.807, 2.05) is 60.7 Å². The summed E-state index contributed by atoms with van der Waals surface area (Å²) in [6.07, 6.45) is 0.0953. The molecule has 0 aromatic heterocycles. The second-order valence-corrected chi connectivity index (χ2v) is 8.52. The molecular formula is C27H31N5O2. The molecule has 3 aromatic rings. The SMILES string of the molecule is NC(=O)N[C@H](CC(=O)Nc1ccc(N2CCN(Cc3ccccc3)CC2)cc1)c1ccccc1. The number of hydrogen-bond acceptors (Lipinski definition) is 4. The van der Waals surface area contributed by atoms with E-state index in [0.717, 1.165) is 49.7 Å². The third-order valence-corrected chi connectivity index (χ3v) is 6.05. The summed E-state index contributed by atoms with van der Waals surface area (Å²) in [6, 6.07) is 26.7. The lowest BCUT2D eigenvalue weighted by Crippen LogP contribution is -2.45. The monoisotopic (exact) mass is 457 g/mol. The fourth-order valence-corrected chi connectivity index (χ4v) is 4.27. The second-order valence-electron chi connectivity index (χ2n) is 8.52. The van der Waals surface area contributed by atoms with Gasteiger partial charge in [0.1, 0.15) is 0 Å². The number of primary amides is 1. The molecule has 34 heavy (non-hydrogen) atoms. The molecule has 1 aliphatic rings. The number of carbonyl (C=O) groups is 2. The van der Waals surface area contributed by atoms with E-state index in [9.17, 15) is 9.59 Å². The summed E-state index contributed by atoms with van der Waals surface area (Å²) in [7, 11) is 0. The van der Waals surface area contributed by atoms with Gasteiger partial charge in [0.05, 0.1) is 12.5 Å². The van der Waals surface area contributed by atoms with E-state index in [2.05, 4.69) is 44.7 Å². The van der Waals surface area contributed by atoms with Gasteiger partial charge in [-0.15, -0.1) is 0 Å². The summed E-state index contributed by atoms with van der Waals surface area (Å²) >= 11 is 0. The molecule has 4 N–H and O–H groups in total. The highest BCUT2D eigenvalue weighted by Gasteiger charge is 2.19. The third-order valence-electron chi connectivity index (χ3n) is 6.05. The van der Waals surface area contributed by atoms with Crippen molar-refractivity contribution in [1.82, 2.24) is 10.2 Å². The van der Waals surface area contributed by atoms with Crippen LogP contribution in [0.5, 0.6) is 0 Å². The molecule has 4 rings (SSSR count). The molecule has 0 saturated carbocycles. The van der Waals surface area contributed by atoms with Crippen LogP contribution in [0, 0.1) is 0 Å². The quantitative estimate of drug-likeness (QED) is 0.481. The molecule has 1 heterocycles. The Balaban J connectivity index is 1.28. The molecule has 3 amide bonds. The van der Waals surface area contributed by atoms with Gasteiger partial charge in [0, 0.05) is 44.1 Å². The van der Waals surface area contributed by atoms with Crippen molar-refractivity contribution in [2.75, 3.05) is 36.4 Å². The average molecular weight is 458 g/mol. The zero-order valence-corrected chi connectivity index (χ0v) is 19.2. The number of nitrogens with zero attached hydrogens (tertiary/aromatic N) is 2. The molecule has 0 bridgehead atoms. The lowest BCUT2D eigenvalue weighted by Gasteiger charge is -2.36. The van der Waals surface area contributed by atoms with Crippen LogP contribution in [-0.2, 0) is 11.3 Å². The first-order valence-corrected chi connectivity index (χ1v) is 11.6. The minimum Gasteiger partial charge on any atom is -0.369 e. The molecular weight excluding hydrogens is 426 g/mol. The number of carbonyl (C=O) groups excluding carboxylic acids is 2. The average Bonchev–Trinajstić information content (AvgIpc) is 2.85. The van der Waals surface area contributed by atoms with Gasteiger partial charge < -0.3 is 21.3 Å². The molecule has 7 nitrogen and oxygen atoms in total. The summed E-state index contributed by atoms with van der Waals surface area (Å²) in [5.74, 6) is -0.190. The van der Waals surface area contributed by atoms with E-state index in [-0.39, 0.29) is 12.3 Å². The number of benzene rings is 3. The van der Waals surface area contributed by atoms with Crippen molar-refractivity contribution < 1.29 is 9.59 Å². The Bertz CT molecular complexity index is 1070. The highest BCUT2D eigenvalue weighted by atomic mass is 16.2. The van der Waals surface area contributed by atoms with Crippen molar-refractivity contribution in [1.29, 1.82) is 0 Å². The second kappa shape index (κ2) is 11.3. The van der Waals surface area contributed by atoms with E-state index in [4.69, 9.17) is 5.73 Å². The van der Waals surface area contributed by atoms with Gasteiger partial charge >= 0.3 is 6.03 Å². The van der Waals surface area contributed by atoms with Crippen LogP contribution in [0.3, 0.4) is 0 Å². The van der Waals surface area contributed by atoms with Gasteiger partial charge in [-0.25, -0.2) is 4.79 Å². The fourth-order valence-electron chi connectivity index (χ4n) is 4.27. The first kappa shape index (κ1) is 23.3. The summed E-state index contributed by atoms with van der Waals surface area (Å²) in [4.78, 5) is 28.9. The smallest absolute Gasteiger partial charge is 0.312 e. The Morgan fingerprint density at radius 2 is 1.44 bits per heavy atom. The van der Waals surface area contributed by atoms with Crippen LogP contribution in [0.2, 0.25) is 0 Å². The summed E-state index contributed by atoms with van der Waals surface area (Å²) in [6.45, 7) is 4.95. The van der Waals surface area contributed by atoms with Gasteiger partial charge in [-0.3, -0.25) is 9.69 Å². The van der Waals surface area contributed by atoms with Crippen LogP contribution in [0.25, 0.3) is 0 Å². The Kier molecular flexibility index (Phi) is 7.78. The predicted molar refractivity (Wildman–Crippen MR) is 136 cm³/mol. The molecule has 1 fully saturated rings. The number of urea groups is 1. The highest BCUT2D eigenvalue weighted by Crippen LogP contribution is 2.22. The van der Waals surface area contributed by atoms with Crippen LogP contribution < -0.4 is 21.3 Å². The van der Waals surface area contributed by atoms with Gasteiger partial charge in [0.2, 0.25) is 5.91 Å². The summed E-state index contributed by atoms with van der Waals surface area (Å²) < 4.78 is 0. The Morgan fingerprint density at radius 3 is 2.06 bits per heavy atom. The van der Waals surface area contributed by atoms with Gasteiger partial charge in [0.25, 0.3) is 0 Å². The molecule has 176 valence electrons. The molecule has 0 unspecified atom stereocenters. The molecule has 1 saturated heterocycles. The highest BCUT2D eigenvalue weighted by molar-refractivity contribution is 5.91. The van der Waals surface area contributed by atoms with Crippen molar-refractivity contribution in [2.45, 2.75) is 19.0 Å². The zero-order valence-electron chi connectivity index (χ0n) is 19.2. The van der Waals surface area contributed by atoms with Crippen LogP contribution in [0.15, 0.2) is 84.9 Å². The topological polar surface area (TPSA) is 90.7 Å². The van der Waals surface area contributed by atoms with Gasteiger partial charge in [-0.05, 0) is 35.4 Å². The first-order valence-electron chi connectivity index (χ1n) is 11.6. The minimum absolute atomic E-state index is 0.0953. The van der Waals surface area contributed by atoms with Gasteiger partial charge in [-0.2, -0.15) is 0 Å². The number of anilines is 2. The predicted octanol–water partition coefficient (Wildman–Crippen LogP) is 3.75. The Hall–Kier alpha value is -3.84. The maximum atomic E-state index is 12.6. The van der Waals surface area contributed by atoms with Crippen LogP contribution in [0.4, 0.5) is 16.2 Å². The van der Waals surface area contributed by atoms with E-state index < -0.39 is 12.1 Å². The molecule has 7 heteroatoms. The number of hydrogen-bond donors (Lipinski definition) is 3. The molecule has 0 spiro atoms. The van der Waals surface area contributed by atoms with Crippen molar-refractivity contribution in [2.24, 2.45) is 5.73 Å². The van der Waals surface area contributed by atoms with Crippen molar-refractivity contribution in [3.05, 3.63) is 96.1 Å². The van der Waals surface area contributed by atoms with E-state index in [1.54, 1.807) is 0 Å². The van der Waals surface area contributed by atoms with E-state index in [1.165, 1.54) is 5.56 Å². The van der Waals surface area contributed by atoms with Crippen LogP contribution >= 0.6 is 0 Å². The van der Waals surface area contributed by atoms with Gasteiger partial charge in [0.15, 0.2) is 0 Å². The fraction of sp³-hybridized carbons (Fsp3) is 0.259. The lowest BCUT2D eigenvalue weighted by molar-refractivity contribution is -0.116. The maximum absolute atomic E-state index is 12.6. The molecule has 0 aliphatic carbocycles. The number of amides is 3. The van der Waals surface area contributed by atoms with Crippen LogP contribution in [0.1, 0.15) is 23.6 Å². The third kappa shape index (κ3) is 6.59. The Labute approximate surface area is 200 Å². The number of rotatable bonds is 8. The standard InChI is InChI=1S/C27H31N5O2/c28-27(34)30-25(22-9-5-2-6-10-22)19-26(33)29-23-11-13-24(14-12-23)32-17-15-31(16-18-32)20-21-7-3-1-4-8-21/h1-14,25H,15-20H2,(H,29,33)(H3,28,30,34)/t25-/m1/s1. The van der Waals surface area contributed by atoms with Gasteiger partial charge in [-0.1, -0.05) is 60.7 Å². The number of nitrogens with two attached hydrogens (primary N) is 1. The van der Waals surface area contributed by atoms with Crippen molar-refractivity contribution >= 4 is 23.3 Å². The largest absolute Gasteiger partial charge is 0.369 e. The molecule has 0 radical (unpaired) electrons. The molecule has 1 atom stereocenters. The number of piperazine rings is 1. The zero-order chi connectivity index (χ0) is 23.8. The van der Waals surface area contributed by atoms with E-state index >= 15 is 0 Å². The van der Waals surface area contributed by atoms with E-state index in [0.29, 0.717) is 0 Å². The number of nitrogens with one attached hydrogen (secondary N) is 2. The summed E-state index contributed by atoms with van der Waals surface area (Å²) in [5.41, 5.74) is 9.35. The molecule has 3 aromatic carbocycles. The normalized spacial score (nSPS) is 14.9. The minimum atomic E-state index is -0.658.